The second-order valence-corrected chi connectivity index (χ2v) is 5.63. The van der Waals surface area contributed by atoms with Crippen molar-refractivity contribution < 1.29 is 14.6 Å². The Morgan fingerprint density at radius 1 is 1.30 bits per heavy atom. The zero-order valence-corrected chi connectivity index (χ0v) is 12.5. The van der Waals surface area contributed by atoms with Gasteiger partial charge in [0.1, 0.15) is 11.3 Å². The molecule has 1 heterocycles. The maximum Gasteiger partial charge on any atom is 0.328 e. The van der Waals surface area contributed by atoms with Crippen LogP contribution in [0.2, 0.25) is 0 Å². The first-order valence-electron chi connectivity index (χ1n) is 7.13. The molecule has 0 spiro atoms. The Morgan fingerprint density at radius 2 is 1.95 bits per heavy atom. The van der Waals surface area contributed by atoms with Crippen molar-refractivity contribution in [2.75, 3.05) is 20.2 Å². The second-order valence-electron chi connectivity index (χ2n) is 5.63. The summed E-state index contributed by atoms with van der Waals surface area (Å²) >= 11 is 0. The van der Waals surface area contributed by atoms with Crippen molar-refractivity contribution in [3.8, 4) is 5.75 Å². The number of carboxylic acids is 1. The number of aliphatic carboxylic acids is 1. The number of rotatable bonds is 4. The SMILES string of the molecule is COc1ccc(C)cc1C(C)(C(=O)O)N1CCCCC1. The molecule has 20 heavy (non-hydrogen) atoms. The Balaban J connectivity index is 2.51. The minimum Gasteiger partial charge on any atom is -0.496 e. The van der Waals surface area contributed by atoms with Gasteiger partial charge < -0.3 is 9.84 Å². The van der Waals surface area contributed by atoms with E-state index in [2.05, 4.69) is 4.90 Å². The van der Waals surface area contributed by atoms with Crippen molar-refractivity contribution in [2.24, 2.45) is 0 Å². The second kappa shape index (κ2) is 5.83. The van der Waals surface area contributed by atoms with Gasteiger partial charge in [-0.3, -0.25) is 4.90 Å². The quantitative estimate of drug-likeness (QED) is 0.919. The van der Waals surface area contributed by atoms with Gasteiger partial charge in [-0.2, -0.15) is 0 Å². The number of hydrogen-bond acceptors (Lipinski definition) is 3. The van der Waals surface area contributed by atoms with Gasteiger partial charge in [-0.25, -0.2) is 4.79 Å². The standard InChI is InChI=1S/C16H23NO3/c1-12-7-8-14(20-3)13(11-12)16(2,15(18)19)17-9-5-4-6-10-17/h7-8,11H,4-6,9-10H2,1-3H3,(H,18,19). The van der Waals surface area contributed by atoms with Crippen LogP contribution in [0, 0.1) is 6.92 Å². The van der Waals surface area contributed by atoms with E-state index in [4.69, 9.17) is 4.74 Å². The number of piperidine rings is 1. The van der Waals surface area contributed by atoms with Crippen molar-refractivity contribution >= 4 is 5.97 Å². The summed E-state index contributed by atoms with van der Waals surface area (Å²) in [7, 11) is 1.59. The van der Waals surface area contributed by atoms with Gasteiger partial charge in [0, 0.05) is 5.56 Å². The van der Waals surface area contributed by atoms with Gasteiger partial charge in [0.2, 0.25) is 0 Å². The molecular weight excluding hydrogens is 254 g/mol. The summed E-state index contributed by atoms with van der Waals surface area (Å²) < 4.78 is 5.40. The molecule has 1 saturated heterocycles. The van der Waals surface area contributed by atoms with Crippen molar-refractivity contribution in [3.05, 3.63) is 29.3 Å². The van der Waals surface area contributed by atoms with E-state index >= 15 is 0 Å². The van der Waals surface area contributed by atoms with E-state index in [1.807, 2.05) is 25.1 Å². The third-order valence-electron chi connectivity index (χ3n) is 4.28. The van der Waals surface area contributed by atoms with Crippen LogP contribution in [0.25, 0.3) is 0 Å². The number of aryl methyl sites for hydroxylation is 1. The van der Waals surface area contributed by atoms with Crippen LogP contribution in [0.3, 0.4) is 0 Å². The van der Waals surface area contributed by atoms with E-state index in [9.17, 15) is 9.90 Å². The minimum atomic E-state index is -1.03. The molecule has 4 nitrogen and oxygen atoms in total. The summed E-state index contributed by atoms with van der Waals surface area (Å²) in [6.07, 6.45) is 3.28. The van der Waals surface area contributed by atoms with Gasteiger partial charge in [-0.1, -0.05) is 18.1 Å². The van der Waals surface area contributed by atoms with E-state index in [0.29, 0.717) is 5.75 Å². The minimum absolute atomic E-state index is 0.645. The molecule has 1 unspecified atom stereocenters. The average Bonchev–Trinajstić information content (AvgIpc) is 2.47. The molecule has 0 radical (unpaired) electrons. The van der Waals surface area contributed by atoms with Gasteiger partial charge in [-0.05, 0) is 51.9 Å². The van der Waals surface area contributed by atoms with Crippen molar-refractivity contribution in [2.45, 2.75) is 38.6 Å². The topological polar surface area (TPSA) is 49.8 Å². The Labute approximate surface area is 120 Å². The summed E-state index contributed by atoms with van der Waals surface area (Å²) in [5, 5.41) is 9.85. The molecule has 0 amide bonds. The lowest BCUT2D eigenvalue weighted by atomic mass is 9.86. The Kier molecular flexibility index (Phi) is 4.33. The highest BCUT2D eigenvalue weighted by molar-refractivity contribution is 5.81. The lowest BCUT2D eigenvalue weighted by Gasteiger charge is -2.41. The molecule has 1 aliphatic rings. The highest BCUT2D eigenvalue weighted by atomic mass is 16.5. The third-order valence-corrected chi connectivity index (χ3v) is 4.28. The highest BCUT2D eigenvalue weighted by Crippen LogP contribution is 2.37. The molecule has 1 aromatic rings. The maximum atomic E-state index is 12.0. The number of hydrogen-bond donors (Lipinski definition) is 1. The van der Waals surface area contributed by atoms with E-state index < -0.39 is 11.5 Å². The number of nitrogens with zero attached hydrogens (tertiary/aromatic N) is 1. The largest absolute Gasteiger partial charge is 0.496 e. The van der Waals surface area contributed by atoms with Crippen LogP contribution < -0.4 is 4.74 Å². The number of likely N-dealkylation sites (tertiary alicyclic amines) is 1. The molecule has 110 valence electrons. The van der Waals surface area contributed by atoms with Crippen LogP contribution in [0.1, 0.15) is 37.3 Å². The Hall–Kier alpha value is -1.55. The first-order valence-corrected chi connectivity index (χ1v) is 7.13. The molecule has 0 aromatic heterocycles. The first-order chi connectivity index (χ1) is 9.50. The lowest BCUT2D eigenvalue weighted by molar-refractivity contribution is -0.152. The average molecular weight is 277 g/mol. The molecule has 1 atom stereocenters. The predicted octanol–water partition coefficient (Wildman–Crippen LogP) is 2.79. The zero-order valence-electron chi connectivity index (χ0n) is 12.5. The fourth-order valence-corrected chi connectivity index (χ4v) is 2.96. The van der Waals surface area contributed by atoms with E-state index in [0.717, 1.165) is 37.1 Å². The van der Waals surface area contributed by atoms with Crippen LogP contribution in [-0.2, 0) is 10.3 Å². The Bertz CT molecular complexity index is 494. The Morgan fingerprint density at radius 3 is 2.50 bits per heavy atom. The van der Waals surface area contributed by atoms with Crippen LogP contribution in [-0.4, -0.2) is 36.2 Å². The molecule has 1 N–H and O–H groups in total. The molecule has 4 heteroatoms. The summed E-state index contributed by atoms with van der Waals surface area (Å²) in [4.78, 5) is 14.1. The molecule has 1 aliphatic heterocycles. The first kappa shape index (κ1) is 14.9. The normalized spacial score (nSPS) is 19.4. The fraction of sp³-hybridized carbons (Fsp3) is 0.562. The van der Waals surface area contributed by atoms with Gasteiger partial charge in [0.05, 0.1) is 7.11 Å². The number of benzene rings is 1. The fourth-order valence-electron chi connectivity index (χ4n) is 2.96. The molecular formula is C16H23NO3. The molecule has 1 aromatic carbocycles. The molecule has 1 fully saturated rings. The summed E-state index contributed by atoms with van der Waals surface area (Å²) in [5.41, 5.74) is 0.761. The lowest BCUT2D eigenvalue weighted by Crippen LogP contribution is -2.52. The van der Waals surface area contributed by atoms with E-state index in [1.54, 1.807) is 14.0 Å². The van der Waals surface area contributed by atoms with Gasteiger partial charge in [0.25, 0.3) is 0 Å². The number of methoxy groups -OCH3 is 1. The highest BCUT2D eigenvalue weighted by Gasteiger charge is 2.43. The molecule has 0 saturated carbocycles. The summed E-state index contributed by atoms with van der Waals surface area (Å²) in [6.45, 7) is 5.40. The molecule has 0 aliphatic carbocycles. The van der Waals surface area contributed by atoms with Crippen LogP contribution in [0.4, 0.5) is 0 Å². The predicted molar refractivity (Wildman–Crippen MR) is 78.1 cm³/mol. The van der Waals surface area contributed by atoms with Crippen molar-refractivity contribution in [3.63, 3.8) is 0 Å². The van der Waals surface area contributed by atoms with Crippen LogP contribution in [0.15, 0.2) is 18.2 Å². The van der Waals surface area contributed by atoms with Crippen molar-refractivity contribution in [1.82, 2.24) is 4.90 Å². The maximum absolute atomic E-state index is 12.0. The van der Waals surface area contributed by atoms with E-state index in [1.165, 1.54) is 6.42 Å². The van der Waals surface area contributed by atoms with Crippen LogP contribution in [0.5, 0.6) is 5.75 Å². The smallest absolute Gasteiger partial charge is 0.328 e. The van der Waals surface area contributed by atoms with E-state index in [-0.39, 0.29) is 0 Å². The van der Waals surface area contributed by atoms with Crippen molar-refractivity contribution in [1.29, 1.82) is 0 Å². The van der Waals surface area contributed by atoms with Gasteiger partial charge in [-0.15, -0.1) is 0 Å². The summed E-state index contributed by atoms with van der Waals surface area (Å²) in [6, 6.07) is 5.73. The number of carbonyl (C=O) groups is 1. The number of ether oxygens (including phenoxy) is 1. The van der Waals surface area contributed by atoms with Gasteiger partial charge in [0.15, 0.2) is 0 Å². The zero-order chi connectivity index (χ0) is 14.8. The van der Waals surface area contributed by atoms with Gasteiger partial charge >= 0.3 is 5.97 Å². The monoisotopic (exact) mass is 277 g/mol. The van der Waals surface area contributed by atoms with Crippen LogP contribution >= 0.6 is 0 Å². The summed E-state index contributed by atoms with van der Waals surface area (Å²) in [5.74, 6) is -0.172. The molecule has 2 rings (SSSR count). The molecule has 0 bridgehead atoms. The number of carboxylic acid groups (broad SMARTS) is 1. The third kappa shape index (κ3) is 2.52.